The lowest BCUT2D eigenvalue weighted by Gasteiger charge is -2.39. The Morgan fingerprint density at radius 2 is 2.15 bits per heavy atom. The number of aromatic amines is 1. The molecule has 2 aromatic rings. The summed E-state index contributed by atoms with van der Waals surface area (Å²) >= 11 is 0. The molecule has 1 saturated heterocycles. The predicted molar refractivity (Wildman–Crippen MR) is 108 cm³/mol. The number of para-hydroxylation sites is 1. The molecule has 1 aliphatic carbocycles. The number of hydrogen-bond donors (Lipinski definition) is 1. The molecule has 1 amide bonds. The van der Waals surface area contributed by atoms with Gasteiger partial charge in [0.25, 0.3) is 5.91 Å². The SMILES string of the molecule is COCCN1CCN(C(=O)c2cccc3c4c([nH]c23)CCC(C)C4)CC1C. The molecule has 146 valence electrons. The van der Waals surface area contributed by atoms with Crippen molar-refractivity contribution in [2.24, 2.45) is 5.92 Å². The van der Waals surface area contributed by atoms with Crippen LogP contribution in [0.3, 0.4) is 0 Å². The summed E-state index contributed by atoms with van der Waals surface area (Å²) in [5.41, 5.74) is 4.63. The number of carbonyl (C=O) groups excluding carboxylic acids is 1. The fraction of sp³-hybridized carbons (Fsp3) is 0.591. The molecule has 2 heterocycles. The lowest BCUT2D eigenvalue weighted by Crippen LogP contribution is -2.54. The van der Waals surface area contributed by atoms with Crippen molar-refractivity contribution in [3.05, 3.63) is 35.0 Å². The number of aryl methyl sites for hydroxylation is 1. The van der Waals surface area contributed by atoms with Gasteiger partial charge in [-0.25, -0.2) is 0 Å². The molecule has 1 aromatic carbocycles. The molecule has 4 rings (SSSR count). The molecule has 0 saturated carbocycles. The van der Waals surface area contributed by atoms with Crippen LogP contribution in [-0.4, -0.2) is 66.6 Å². The monoisotopic (exact) mass is 369 g/mol. The molecule has 1 aliphatic heterocycles. The standard InChI is InChI=1S/C22H31N3O2/c1-15-7-8-20-19(13-15)17-5-4-6-18(21(17)23-20)22(26)25-10-9-24(11-12-27-3)16(2)14-25/h4-6,15-16,23H,7-14H2,1-3H3. The van der Waals surface area contributed by atoms with E-state index < -0.39 is 0 Å². The van der Waals surface area contributed by atoms with Crippen LogP contribution < -0.4 is 0 Å². The number of amides is 1. The summed E-state index contributed by atoms with van der Waals surface area (Å²) in [7, 11) is 1.74. The molecule has 27 heavy (non-hydrogen) atoms. The molecule has 2 unspecified atom stereocenters. The van der Waals surface area contributed by atoms with Crippen LogP contribution in [0.5, 0.6) is 0 Å². The van der Waals surface area contributed by atoms with Crippen LogP contribution in [0.1, 0.15) is 41.9 Å². The molecule has 5 heteroatoms. The van der Waals surface area contributed by atoms with Crippen LogP contribution in [0, 0.1) is 5.92 Å². The first-order valence-corrected chi connectivity index (χ1v) is 10.2. The van der Waals surface area contributed by atoms with E-state index in [1.807, 2.05) is 17.0 Å². The van der Waals surface area contributed by atoms with E-state index in [-0.39, 0.29) is 5.91 Å². The van der Waals surface area contributed by atoms with Crippen molar-refractivity contribution < 1.29 is 9.53 Å². The van der Waals surface area contributed by atoms with E-state index in [0.29, 0.717) is 6.04 Å². The van der Waals surface area contributed by atoms with Gasteiger partial charge in [0.05, 0.1) is 17.7 Å². The van der Waals surface area contributed by atoms with E-state index >= 15 is 0 Å². The van der Waals surface area contributed by atoms with Gasteiger partial charge < -0.3 is 14.6 Å². The fourth-order valence-corrected chi connectivity index (χ4v) is 4.68. The summed E-state index contributed by atoms with van der Waals surface area (Å²) in [6.07, 6.45) is 3.43. The first-order chi connectivity index (χ1) is 13.1. The molecule has 2 aliphatic rings. The van der Waals surface area contributed by atoms with Crippen molar-refractivity contribution >= 4 is 16.8 Å². The highest BCUT2D eigenvalue weighted by Gasteiger charge is 2.29. The van der Waals surface area contributed by atoms with Crippen LogP contribution in [0.4, 0.5) is 0 Å². The number of piperazine rings is 1. The quantitative estimate of drug-likeness (QED) is 0.901. The second-order valence-corrected chi connectivity index (χ2v) is 8.29. The van der Waals surface area contributed by atoms with Gasteiger partial charge in [0.15, 0.2) is 0 Å². The molecule has 5 nitrogen and oxygen atoms in total. The van der Waals surface area contributed by atoms with Gasteiger partial charge in [-0.1, -0.05) is 19.1 Å². The summed E-state index contributed by atoms with van der Waals surface area (Å²) < 4.78 is 5.21. The van der Waals surface area contributed by atoms with E-state index in [1.165, 1.54) is 23.1 Å². The minimum absolute atomic E-state index is 0.158. The number of nitrogens with one attached hydrogen (secondary N) is 1. The van der Waals surface area contributed by atoms with Crippen LogP contribution in [0.25, 0.3) is 10.9 Å². The Morgan fingerprint density at radius 1 is 1.30 bits per heavy atom. The van der Waals surface area contributed by atoms with Crippen molar-refractivity contribution in [1.82, 2.24) is 14.8 Å². The number of fused-ring (bicyclic) bond motifs is 3. The third-order valence-electron chi connectivity index (χ3n) is 6.33. The maximum absolute atomic E-state index is 13.3. The number of methoxy groups -OCH3 is 1. The van der Waals surface area contributed by atoms with E-state index in [4.69, 9.17) is 4.74 Å². The van der Waals surface area contributed by atoms with Gasteiger partial charge in [0.2, 0.25) is 0 Å². The Morgan fingerprint density at radius 3 is 2.93 bits per heavy atom. The van der Waals surface area contributed by atoms with Gasteiger partial charge in [-0.2, -0.15) is 0 Å². The molecule has 1 N–H and O–H groups in total. The van der Waals surface area contributed by atoms with Gasteiger partial charge >= 0.3 is 0 Å². The largest absolute Gasteiger partial charge is 0.383 e. The maximum Gasteiger partial charge on any atom is 0.256 e. The van der Waals surface area contributed by atoms with E-state index in [1.54, 1.807) is 7.11 Å². The number of nitrogens with zero attached hydrogens (tertiary/aromatic N) is 2. The van der Waals surface area contributed by atoms with Gasteiger partial charge in [0.1, 0.15) is 0 Å². The third-order valence-corrected chi connectivity index (χ3v) is 6.33. The topological polar surface area (TPSA) is 48.6 Å². The minimum atomic E-state index is 0.158. The summed E-state index contributed by atoms with van der Waals surface area (Å²) in [4.78, 5) is 21.3. The number of rotatable bonds is 4. The number of carbonyl (C=O) groups is 1. The maximum atomic E-state index is 13.3. The van der Waals surface area contributed by atoms with Crippen molar-refractivity contribution in [1.29, 1.82) is 0 Å². The molecule has 1 aromatic heterocycles. The highest BCUT2D eigenvalue weighted by Crippen LogP contribution is 2.33. The third kappa shape index (κ3) is 3.50. The van der Waals surface area contributed by atoms with Crippen LogP contribution in [0.15, 0.2) is 18.2 Å². The number of H-pyrrole nitrogens is 1. The van der Waals surface area contributed by atoms with Gasteiger partial charge in [-0.3, -0.25) is 9.69 Å². The second-order valence-electron chi connectivity index (χ2n) is 8.29. The molecule has 0 spiro atoms. The zero-order valence-corrected chi connectivity index (χ0v) is 16.8. The Bertz CT molecular complexity index is 828. The van der Waals surface area contributed by atoms with Crippen LogP contribution in [0.2, 0.25) is 0 Å². The molecule has 1 fully saturated rings. The summed E-state index contributed by atoms with van der Waals surface area (Å²) in [6.45, 7) is 8.65. The zero-order valence-electron chi connectivity index (χ0n) is 16.8. The predicted octanol–water partition coefficient (Wildman–Crippen LogP) is 3.09. The number of ether oxygens (including phenoxy) is 1. The molecular weight excluding hydrogens is 338 g/mol. The molecule has 0 radical (unpaired) electrons. The van der Waals surface area contributed by atoms with Crippen molar-refractivity contribution in [3.8, 4) is 0 Å². The van der Waals surface area contributed by atoms with Crippen LogP contribution >= 0.6 is 0 Å². The van der Waals surface area contributed by atoms with Gasteiger partial charge in [-0.15, -0.1) is 0 Å². The Balaban J connectivity index is 1.57. The van der Waals surface area contributed by atoms with Crippen molar-refractivity contribution in [3.63, 3.8) is 0 Å². The van der Waals surface area contributed by atoms with E-state index in [9.17, 15) is 4.79 Å². The first-order valence-electron chi connectivity index (χ1n) is 10.2. The highest BCUT2D eigenvalue weighted by atomic mass is 16.5. The normalized spacial score (nSPS) is 23.6. The van der Waals surface area contributed by atoms with Gasteiger partial charge in [-0.05, 0) is 43.7 Å². The minimum Gasteiger partial charge on any atom is -0.383 e. The Kier molecular flexibility index (Phi) is 5.24. The first kappa shape index (κ1) is 18.5. The lowest BCUT2D eigenvalue weighted by molar-refractivity contribution is 0.0436. The number of aromatic nitrogens is 1. The van der Waals surface area contributed by atoms with Crippen molar-refractivity contribution in [2.75, 3.05) is 39.9 Å². The molecule has 2 atom stereocenters. The Hall–Kier alpha value is -1.85. The van der Waals surface area contributed by atoms with E-state index in [0.717, 1.165) is 62.6 Å². The lowest BCUT2D eigenvalue weighted by atomic mass is 9.87. The zero-order chi connectivity index (χ0) is 19.0. The number of hydrogen-bond acceptors (Lipinski definition) is 3. The molecule has 0 bridgehead atoms. The summed E-state index contributed by atoms with van der Waals surface area (Å²) in [5, 5.41) is 1.24. The van der Waals surface area contributed by atoms with Crippen molar-refractivity contribution in [2.45, 2.75) is 39.2 Å². The summed E-state index contributed by atoms with van der Waals surface area (Å²) in [6, 6.07) is 6.55. The number of benzene rings is 1. The van der Waals surface area contributed by atoms with Crippen LogP contribution in [-0.2, 0) is 17.6 Å². The van der Waals surface area contributed by atoms with E-state index in [2.05, 4.69) is 29.8 Å². The average molecular weight is 370 g/mol. The highest BCUT2D eigenvalue weighted by molar-refractivity contribution is 6.06. The smallest absolute Gasteiger partial charge is 0.256 e. The fourth-order valence-electron chi connectivity index (χ4n) is 4.68. The second kappa shape index (κ2) is 7.64. The van der Waals surface area contributed by atoms with Gasteiger partial charge in [0, 0.05) is 50.4 Å². The average Bonchev–Trinajstić information content (AvgIpc) is 3.04. The molecular formula is C22H31N3O2. The Labute approximate surface area is 161 Å². The summed E-state index contributed by atoms with van der Waals surface area (Å²) in [5.74, 6) is 0.877.